The lowest BCUT2D eigenvalue weighted by Crippen LogP contribution is -2.39. The molecule has 12 heteroatoms. The van der Waals surface area contributed by atoms with E-state index in [-0.39, 0.29) is 10.9 Å². The summed E-state index contributed by atoms with van der Waals surface area (Å²) in [5, 5.41) is 1.48. The normalized spacial score (nSPS) is 15.8. The van der Waals surface area contributed by atoms with Crippen LogP contribution < -0.4 is 0 Å². The standard InChI is InChI=1S/C23H18Cl2N6O2S2/c24-18-13-26-9-5-16(18)22-28-19-2-1-8-27-23(19)31(22)14-6-10-30(11-7-14)35(32,33)15-3-4-20-17(12-15)21(25)29-34-20/h1-5,8-9,12-14H,6-7,10-11H2. The van der Waals surface area contributed by atoms with E-state index in [1.165, 1.54) is 15.8 Å². The third kappa shape index (κ3) is 3.89. The molecular weight excluding hydrogens is 527 g/mol. The zero-order chi connectivity index (χ0) is 24.2. The van der Waals surface area contributed by atoms with Gasteiger partial charge in [0.15, 0.2) is 10.8 Å². The first-order valence-electron chi connectivity index (χ1n) is 10.9. The van der Waals surface area contributed by atoms with E-state index in [2.05, 4.69) is 18.9 Å². The fourth-order valence-electron chi connectivity index (χ4n) is 4.56. The predicted molar refractivity (Wildman–Crippen MR) is 137 cm³/mol. The number of piperidine rings is 1. The Morgan fingerprint density at radius 2 is 1.89 bits per heavy atom. The molecule has 4 aromatic heterocycles. The van der Waals surface area contributed by atoms with E-state index >= 15 is 0 Å². The molecule has 0 N–H and O–H groups in total. The molecule has 0 saturated carbocycles. The summed E-state index contributed by atoms with van der Waals surface area (Å²) >= 11 is 13.8. The first kappa shape index (κ1) is 22.8. The van der Waals surface area contributed by atoms with Crippen LogP contribution in [0.3, 0.4) is 0 Å². The number of nitrogens with zero attached hydrogens (tertiary/aromatic N) is 6. The lowest BCUT2D eigenvalue weighted by atomic mass is 10.1. The average molecular weight is 545 g/mol. The van der Waals surface area contributed by atoms with Crippen molar-refractivity contribution in [1.82, 2.24) is 28.2 Å². The summed E-state index contributed by atoms with van der Waals surface area (Å²) in [7, 11) is -3.67. The zero-order valence-corrected chi connectivity index (χ0v) is 21.3. The van der Waals surface area contributed by atoms with Gasteiger partial charge in [-0.2, -0.15) is 8.68 Å². The van der Waals surface area contributed by atoms with E-state index < -0.39 is 10.0 Å². The van der Waals surface area contributed by atoms with Gasteiger partial charge in [0.25, 0.3) is 0 Å². The van der Waals surface area contributed by atoms with Crippen LogP contribution in [-0.4, -0.2) is 49.7 Å². The second-order valence-electron chi connectivity index (χ2n) is 8.27. The Labute approximate surface area is 215 Å². The molecule has 35 heavy (non-hydrogen) atoms. The maximum atomic E-state index is 13.4. The van der Waals surface area contributed by atoms with Crippen LogP contribution in [0.15, 0.2) is 59.9 Å². The number of hydrogen-bond acceptors (Lipinski definition) is 7. The summed E-state index contributed by atoms with van der Waals surface area (Å²) in [5.74, 6) is 0.706. The van der Waals surface area contributed by atoms with Gasteiger partial charge in [-0.25, -0.2) is 18.4 Å². The quantitative estimate of drug-likeness (QED) is 0.299. The molecule has 6 rings (SSSR count). The fourth-order valence-corrected chi connectivity index (χ4v) is 7.24. The average Bonchev–Trinajstić information content (AvgIpc) is 3.45. The van der Waals surface area contributed by atoms with Crippen LogP contribution in [0.25, 0.3) is 32.6 Å². The second kappa shape index (κ2) is 8.79. The molecule has 1 fully saturated rings. The van der Waals surface area contributed by atoms with E-state index in [1.807, 2.05) is 18.2 Å². The lowest BCUT2D eigenvalue weighted by Gasteiger charge is -2.32. The first-order chi connectivity index (χ1) is 16.9. The number of benzene rings is 1. The summed E-state index contributed by atoms with van der Waals surface area (Å²) in [5.41, 5.74) is 2.28. The largest absolute Gasteiger partial charge is 0.305 e. The topological polar surface area (TPSA) is 93.9 Å². The lowest BCUT2D eigenvalue weighted by molar-refractivity contribution is 0.278. The highest BCUT2D eigenvalue weighted by atomic mass is 35.5. The van der Waals surface area contributed by atoms with Gasteiger partial charge in [-0.15, -0.1) is 0 Å². The van der Waals surface area contributed by atoms with Gasteiger partial charge in [0, 0.05) is 48.7 Å². The number of hydrogen-bond donors (Lipinski definition) is 0. The summed E-state index contributed by atoms with van der Waals surface area (Å²) in [4.78, 5) is 13.7. The van der Waals surface area contributed by atoms with Crippen molar-refractivity contribution in [3.05, 3.63) is 65.2 Å². The van der Waals surface area contributed by atoms with Crippen LogP contribution in [0.1, 0.15) is 18.9 Å². The molecule has 5 aromatic rings. The summed E-state index contributed by atoms with van der Waals surface area (Å²) in [6.07, 6.45) is 6.23. The number of sulfonamides is 1. The van der Waals surface area contributed by atoms with Gasteiger partial charge < -0.3 is 4.57 Å². The van der Waals surface area contributed by atoms with E-state index in [0.29, 0.717) is 47.3 Å². The van der Waals surface area contributed by atoms with Crippen molar-refractivity contribution >= 4 is 66.0 Å². The number of pyridine rings is 2. The van der Waals surface area contributed by atoms with Crippen molar-refractivity contribution in [3.8, 4) is 11.4 Å². The molecule has 5 heterocycles. The van der Waals surface area contributed by atoms with Crippen molar-refractivity contribution in [3.63, 3.8) is 0 Å². The molecule has 8 nitrogen and oxygen atoms in total. The molecule has 0 aliphatic carbocycles. The minimum absolute atomic E-state index is 0.0126. The zero-order valence-electron chi connectivity index (χ0n) is 18.2. The van der Waals surface area contributed by atoms with Crippen molar-refractivity contribution in [2.24, 2.45) is 0 Å². The molecular formula is C23H18Cl2N6O2S2. The van der Waals surface area contributed by atoms with Gasteiger partial charge >= 0.3 is 0 Å². The minimum Gasteiger partial charge on any atom is -0.305 e. The Bertz CT molecular complexity index is 1680. The van der Waals surface area contributed by atoms with Crippen LogP contribution in [0.2, 0.25) is 10.2 Å². The molecule has 178 valence electrons. The molecule has 1 saturated heterocycles. The van der Waals surface area contributed by atoms with Gasteiger partial charge in [0.2, 0.25) is 10.0 Å². The van der Waals surface area contributed by atoms with E-state index in [4.69, 9.17) is 28.2 Å². The molecule has 1 aliphatic heterocycles. The molecule has 0 bridgehead atoms. The van der Waals surface area contributed by atoms with Crippen LogP contribution in [0, 0.1) is 0 Å². The van der Waals surface area contributed by atoms with Crippen LogP contribution in [0.5, 0.6) is 0 Å². The monoisotopic (exact) mass is 544 g/mol. The first-order valence-corrected chi connectivity index (χ1v) is 13.9. The van der Waals surface area contributed by atoms with Gasteiger partial charge in [0.1, 0.15) is 11.3 Å². The van der Waals surface area contributed by atoms with Crippen molar-refractivity contribution in [1.29, 1.82) is 0 Å². The van der Waals surface area contributed by atoms with E-state index in [1.54, 1.807) is 36.8 Å². The van der Waals surface area contributed by atoms with Gasteiger partial charge in [0.05, 0.1) is 14.6 Å². The highest BCUT2D eigenvalue weighted by molar-refractivity contribution is 7.89. The summed E-state index contributed by atoms with van der Waals surface area (Å²) in [6, 6.07) is 10.6. The number of halogens is 2. The Morgan fingerprint density at radius 3 is 2.69 bits per heavy atom. The number of imidazole rings is 1. The van der Waals surface area contributed by atoms with Crippen molar-refractivity contribution < 1.29 is 8.42 Å². The van der Waals surface area contributed by atoms with Crippen LogP contribution >= 0.6 is 34.7 Å². The van der Waals surface area contributed by atoms with Crippen LogP contribution in [-0.2, 0) is 10.0 Å². The molecule has 0 radical (unpaired) electrons. The third-order valence-corrected chi connectivity index (χ3v) is 9.70. The van der Waals surface area contributed by atoms with Crippen molar-refractivity contribution in [2.75, 3.05) is 13.1 Å². The maximum Gasteiger partial charge on any atom is 0.243 e. The molecule has 1 aliphatic rings. The minimum atomic E-state index is -3.67. The Hall–Kier alpha value is -2.63. The molecule has 0 spiro atoms. The van der Waals surface area contributed by atoms with Crippen LogP contribution in [0.4, 0.5) is 0 Å². The molecule has 0 atom stereocenters. The Morgan fingerprint density at radius 1 is 1.06 bits per heavy atom. The second-order valence-corrected chi connectivity index (χ2v) is 11.8. The predicted octanol–water partition coefficient (Wildman–Crippen LogP) is 5.44. The molecule has 0 unspecified atom stereocenters. The van der Waals surface area contributed by atoms with Gasteiger partial charge in [-0.1, -0.05) is 23.2 Å². The number of fused-ring (bicyclic) bond motifs is 2. The van der Waals surface area contributed by atoms with Gasteiger partial charge in [-0.3, -0.25) is 4.98 Å². The highest BCUT2D eigenvalue weighted by Gasteiger charge is 2.32. The summed E-state index contributed by atoms with van der Waals surface area (Å²) < 4.78 is 35.4. The number of aromatic nitrogens is 5. The Kier molecular flexibility index (Phi) is 5.73. The third-order valence-electron chi connectivity index (χ3n) is 6.29. The van der Waals surface area contributed by atoms with E-state index in [0.717, 1.165) is 21.4 Å². The Balaban J connectivity index is 1.32. The smallest absolute Gasteiger partial charge is 0.243 e. The summed E-state index contributed by atoms with van der Waals surface area (Å²) in [6.45, 7) is 0.743. The molecule has 0 amide bonds. The SMILES string of the molecule is O=S(=O)(c1ccc2snc(Cl)c2c1)N1CCC(n2c(-c3ccncc3Cl)nc3cccnc32)CC1. The highest BCUT2D eigenvalue weighted by Crippen LogP contribution is 2.36. The van der Waals surface area contributed by atoms with Gasteiger partial charge in [-0.05, 0) is 60.8 Å². The molecule has 1 aromatic carbocycles. The number of rotatable bonds is 4. The fraction of sp³-hybridized carbons (Fsp3) is 0.217. The van der Waals surface area contributed by atoms with Crippen molar-refractivity contribution in [2.45, 2.75) is 23.8 Å². The van der Waals surface area contributed by atoms with E-state index in [9.17, 15) is 8.42 Å². The maximum absolute atomic E-state index is 13.4.